The maximum Gasteiger partial charge on any atom is 0.250 e. The zero-order valence-corrected chi connectivity index (χ0v) is 17.3. The first kappa shape index (κ1) is 18.1. The lowest BCUT2D eigenvalue weighted by atomic mass is 9.75. The fourth-order valence-corrected chi connectivity index (χ4v) is 6.73. The van der Waals surface area contributed by atoms with E-state index in [0.717, 1.165) is 41.4 Å². The molecule has 4 aliphatic heterocycles. The summed E-state index contributed by atoms with van der Waals surface area (Å²) in [7, 11) is 0. The summed E-state index contributed by atoms with van der Waals surface area (Å²) in [6, 6.07) is 21.1. The highest BCUT2D eigenvalue weighted by atomic mass is 16.2. The quantitative estimate of drug-likeness (QED) is 0.610. The molecule has 0 bridgehead atoms. The standard InChI is InChI=1S/C26H21N3O3/c30-23-21-20-10-5-13-28(20)26(18-8-3-4-9-19(18)27-25(26)32)22(21)24(31)29(23)17-12-11-15-6-1-2-7-16(15)14-17/h1-4,6-9,11-12,14,20-22H,5,10,13H2,(H,27,32)/t20-,21+,22+,26-/m1/s1. The predicted octanol–water partition coefficient (Wildman–Crippen LogP) is 3.27. The van der Waals surface area contributed by atoms with Gasteiger partial charge in [0.2, 0.25) is 17.7 Å². The number of anilines is 2. The van der Waals surface area contributed by atoms with Crippen molar-refractivity contribution in [3.8, 4) is 0 Å². The second-order valence-corrected chi connectivity index (χ2v) is 9.22. The summed E-state index contributed by atoms with van der Waals surface area (Å²) in [4.78, 5) is 44.8. The van der Waals surface area contributed by atoms with Gasteiger partial charge in [-0.05, 0) is 48.4 Å². The number of benzene rings is 3. The van der Waals surface area contributed by atoms with Crippen molar-refractivity contribution in [1.82, 2.24) is 4.90 Å². The maximum atomic E-state index is 14.0. The summed E-state index contributed by atoms with van der Waals surface area (Å²) in [5.74, 6) is -1.85. The molecule has 3 aromatic rings. The molecule has 0 aromatic heterocycles. The van der Waals surface area contributed by atoms with Gasteiger partial charge >= 0.3 is 0 Å². The van der Waals surface area contributed by atoms with E-state index in [4.69, 9.17) is 0 Å². The minimum atomic E-state index is -1.11. The molecule has 3 saturated heterocycles. The van der Waals surface area contributed by atoms with E-state index in [0.29, 0.717) is 5.69 Å². The Balaban J connectivity index is 1.42. The third kappa shape index (κ3) is 1.97. The lowest BCUT2D eigenvalue weighted by Crippen LogP contribution is -2.54. The molecule has 7 rings (SSSR count). The molecule has 0 saturated carbocycles. The van der Waals surface area contributed by atoms with E-state index < -0.39 is 17.4 Å². The number of imide groups is 1. The van der Waals surface area contributed by atoms with Crippen LogP contribution in [0.2, 0.25) is 0 Å². The first-order valence-corrected chi connectivity index (χ1v) is 11.2. The Hall–Kier alpha value is -3.51. The van der Waals surface area contributed by atoms with Crippen molar-refractivity contribution < 1.29 is 14.4 Å². The Morgan fingerprint density at radius 2 is 1.66 bits per heavy atom. The van der Waals surface area contributed by atoms with Crippen LogP contribution in [-0.2, 0) is 19.9 Å². The number of amides is 3. The summed E-state index contributed by atoms with van der Waals surface area (Å²) < 4.78 is 0. The van der Waals surface area contributed by atoms with Gasteiger partial charge < -0.3 is 5.32 Å². The molecular weight excluding hydrogens is 402 g/mol. The molecule has 3 amide bonds. The summed E-state index contributed by atoms with van der Waals surface area (Å²) in [5, 5.41) is 5.04. The van der Waals surface area contributed by atoms with E-state index in [-0.39, 0.29) is 23.8 Å². The molecular formula is C26H21N3O3. The van der Waals surface area contributed by atoms with Crippen LogP contribution in [0.5, 0.6) is 0 Å². The molecule has 4 heterocycles. The van der Waals surface area contributed by atoms with Gasteiger partial charge in [0.1, 0.15) is 5.54 Å². The first-order chi connectivity index (χ1) is 15.6. The fraction of sp³-hybridized carbons (Fsp3) is 0.269. The Bertz CT molecular complexity index is 1350. The molecule has 32 heavy (non-hydrogen) atoms. The highest BCUT2D eigenvalue weighted by Gasteiger charge is 2.74. The molecule has 1 N–H and O–H groups in total. The van der Waals surface area contributed by atoms with Crippen molar-refractivity contribution in [2.45, 2.75) is 24.4 Å². The number of rotatable bonds is 1. The first-order valence-electron chi connectivity index (χ1n) is 11.2. The van der Waals surface area contributed by atoms with E-state index in [1.807, 2.05) is 66.7 Å². The second-order valence-electron chi connectivity index (χ2n) is 9.22. The van der Waals surface area contributed by atoms with Gasteiger partial charge in [0.25, 0.3) is 0 Å². The van der Waals surface area contributed by atoms with Gasteiger partial charge in [0.15, 0.2) is 0 Å². The Morgan fingerprint density at radius 3 is 2.53 bits per heavy atom. The van der Waals surface area contributed by atoms with Crippen molar-refractivity contribution in [3.63, 3.8) is 0 Å². The number of carbonyl (C=O) groups excluding carboxylic acids is 3. The molecule has 158 valence electrons. The van der Waals surface area contributed by atoms with Gasteiger partial charge in [-0.15, -0.1) is 0 Å². The van der Waals surface area contributed by atoms with Crippen LogP contribution >= 0.6 is 0 Å². The van der Waals surface area contributed by atoms with Crippen LogP contribution in [0.1, 0.15) is 18.4 Å². The van der Waals surface area contributed by atoms with E-state index in [9.17, 15) is 14.4 Å². The van der Waals surface area contributed by atoms with Gasteiger partial charge in [0, 0.05) is 17.3 Å². The van der Waals surface area contributed by atoms with Crippen LogP contribution in [0.4, 0.5) is 11.4 Å². The Labute approximate surface area is 184 Å². The summed E-state index contributed by atoms with van der Waals surface area (Å²) in [6.45, 7) is 0.718. The van der Waals surface area contributed by atoms with Crippen LogP contribution < -0.4 is 10.2 Å². The van der Waals surface area contributed by atoms with Crippen molar-refractivity contribution in [2.75, 3.05) is 16.8 Å². The molecule has 4 atom stereocenters. The molecule has 0 radical (unpaired) electrons. The summed E-state index contributed by atoms with van der Waals surface area (Å²) in [5.41, 5.74) is 1.04. The van der Waals surface area contributed by atoms with Gasteiger partial charge in [-0.3, -0.25) is 19.3 Å². The second kappa shape index (κ2) is 6.04. The van der Waals surface area contributed by atoms with Crippen LogP contribution in [0.3, 0.4) is 0 Å². The molecule has 3 aromatic carbocycles. The number of para-hydroxylation sites is 1. The van der Waals surface area contributed by atoms with Crippen LogP contribution in [0.15, 0.2) is 66.7 Å². The number of nitrogens with one attached hydrogen (secondary N) is 1. The lowest BCUT2D eigenvalue weighted by Gasteiger charge is -2.36. The van der Waals surface area contributed by atoms with Crippen LogP contribution in [0.25, 0.3) is 10.8 Å². The zero-order valence-electron chi connectivity index (χ0n) is 17.3. The van der Waals surface area contributed by atoms with E-state index in [2.05, 4.69) is 10.2 Å². The molecule has 0 aliphatic carbocycles. The number of hydrogen-bond donors (Lipinski definition) is 1. The number of carbonyl (C=O) groups is 3. The van der Waals surface area contributed by atoms with E-state index in [1.54, 1.807) is 0 Å². The third-order valence-electron chi connectivity index (χ3n) is 7.89. The van der Waals surface area contributed by atoms with Gasteiger partial charge in [-0.25, -0.2) is 4.90 Å². The maximum absolute atomic E-state index is 14.0. The van der Waals surface area contributed by atoms with Crippen molar-refractivity contribution in [1.29, 1.82) is 0 Å². The van der Waals surface area contributed by atoms with Gasteiger partial charge in [0.05, 0.1) is 17.5 Å². The third-order valence-corrected chi connectivity index (χ3v) is 7.89. The minimum absolute atomic E-state index is 0.0983. The number of fused-ring (bicyclic) bond motifs is 8. The number of hydrogen-bond acceptors (Lipinski definition) is 4. The smallest absolute Gasteiger partial charge is 0.250 e. The monoisotopic (exact) mass is 423 g/mol. The number of nitrogens with zero attached hydrogens (tertiary/aromatic N) is 2. The SMILES string of the molecule is O=C1[C@H]2[C@H]3CCCN3[C@@]3(C(=O)Nc4ccccc43)[C@@H]2C(=O)N1c1ccc2ccccc2c1. The lowest BCUT2D eigenvalue weighted by molar-refractivity contribution is -0.135. The van der Waals surface area contributed by atoms with Crippen LogP contribution in [0, 0.1) is 11.8 Å². The van der Waals surface area contributed by atoms with E-state index >= 15 is 0 Å². The van der Waals surface area contributed by atoms with Gasteiger partial charge in [-0.2, -0.15) is 0 Å². The highest BCUT2D eigenvalue weighted by molar-refractivity contribution is 6.26. The molecule has 3 fully saturated rings. The van der Waals surface area contributed by atoms with Crippen molar-refractivity contribution in [2.24, 2.45) is 11.8 Å². The Kier molecular flexibility index (Phi) is 3.42. The molecule has 0 unspecified atom stereocenters. The molecule has 6 heteroatoms. The normalized spacial score (nSPS) is 30.8. The summed E-state index contributed by atoms with van der Waals surface area (Å²) >= 11 is 0. The fourth-order valence-electron chi connectivity index (χ4n) is 6.73. The van der Waals surface area contributed by atoms with Crippen molar-refractivity contribution >= 4 is 39.9 Å². The largest absolute Gasteiger partial charge is 0.324 e. The van der Waals surface area contributed by atoms with Crippen molar-refractivity contribution in [3.05, 3.63) is 72.3 Å². The molecule has 1 spiro atoms. The van der Waals surface area contributed by atoms with Gasteiger partial charge in [-0.1, -0.05) is 48.5 Å². The summed E-state index contributed by atoms with van der Waals surface area (Å²) in [6.07, 6.45) is 1.74. The minimum Gasteiger partial charge on any atom is -0.324 e. The molecule has 4 aliphatic rings. The van der Waals surface area contributed by atoms with E-state index in [1.165, 1.54) is 4.90 Å². The highest BCUT2D eigenvalue weighted by Crippen LogP contribution is 2.60. The Morgan fingerprint density at radius 1 is 0.875 bits per heavy atom. The zero-order chi connectivity index (χ0) is 21.6. The van der Waals surface area contributed by atoms with Crippen LogP contribution in [-0.4, -0.2) is 35.2 Å². The average Bonchev–Trinajstić information content (AvgIpc) is 3.51. The molecule has 6 nitrogen and oxygen atoms in total. The average molecular weight is 423 g/mol. The predicted molar refractivity (Wildman–Crippen MR) is 120 cm³/mol. The topological polar surface area (TPSA) is 69.7 Å².